The number of benzene rings is 1. The van der Waals surface area contributed by atoms with Crippen LogP contribution < -0.4 is 21.7 Å². The third-order valence-electron chi connectivity index (χ3n) is 7.09. The summed E-state index contributed by atoms with van der Waals surface area (Å²) in [5.74, 6) is 1.44. The Morgan fingerprint density at radius 1 is 0.943 bits per heavy atom. The minimum absolute atomic E-state index is 0.313. The van der Waals surface area contributed by atoms with E-state index in [1.807, 2.05) is 18.5 Å². The van der Waals surface area contributed by atoms with Crippen molar-refractivity contribution in [2.45, 2.75) is 76.0 Å². The van der Waals surface area contributed by atoms with Crippen molar-refractivity contribution in [1.29, 1.82) is 0 Å². The summed E-state index contributed by atoms with van der Waals surface area (Å²) in [6.07, 6.45) is 11.0. The highest BCUT2D eigenvalue weighted by molar-refractivity contribution is 6.34. The predicted molar refractivity (Wildman–Crippen MR) is 143 cm³/mol. The number of nitrogens with zero attached hydrogens (tertiary/aromatic N) is 4. The average molecular weight is 518 g/mol. The SMILES string of the molecule is N[C@H]1CC[C@H](Nc2nc(NCCNCc3cc(Cl)cc(Cl)c3)c3ncn(C4CCCC4)c3n2)CC1. The third-order valence-corrected chi connectivity index (χ3v) is 7.53. The Morgan fingerprint density at radius 3 is 2.43 bits per heavy atom. The molecule has 2 aliphatic rings. The first-order valence-electron chi connectivity index (χ1n) is 12.7. The van der Waals surface area contributed by atoms with Gasteiger partial charge in [0, 0.05) is 47.8 Å². The summed E-state index contributed by atoms with van der Waals surface area (Å²) in [5, 5.41) is 11.8. The molecule has 5 N–H and O–H groups in total. The quantitative estimate of drug-likeness (QED) is 0.292. The number of hydrogen-bond acceptors (Lipinski definition) is 7. The van der Waals surface area contributed by atoms with Crippen LogP contribution in [-0.4, -0.2) is 44.7 Å². The average Bonchev–Trinajstić information content (AvgIpc) is 3.49. The highest BCUT2D eigenvalue weighted by Gasteiger charge is 2.23. The molecule has 0 aliphatic heterocycles. The number of aromatic nitrogens is 4. The Kier molecular flexibility index (Phi) is 7.92. The zero-order valence-electron chi connectivity index (χ0n) is 19.9. The summed E-state index contributed by atoms with van der Waals surface area (Å²) in [4.78, 5) is 14.5. The van der Waals surface area contributed by atoms with Crippen LogP contribution in [0, 0.1) is 0 Å². The highest BCUT2D eigenvalue weighted by Crippen LogP contribution is 2.33. The molecule has 2 heterocycles. The molecule has 1 aromatic carbocycles. The first kappa shape index (κ1) is 24.6. The summed E-state index contributed by atoms with van der Waals surface area (Å²) in [7, 11) is 0. The largest absolute Gasteiger partial charge is 0.367 e. The molecule has 0 bridgehead atoms. The second kappa shape index (κ2) is 11.3. The second-order valence-electron chi connectivity index (χ2n) is 9.80. The summed E-state index contributed by atoms with van der Waals surface area (Å²) < 4.78 is 2.25. The second-order valence-corrected chi connectivity index (χ2v) is 10.7. The molecule has 2 fully saturated rings. The maximum atomic E-state index is 6.11. The fourth-order valence-corrected chi connectivity index (χ4v) is 5.79. The first-order chi connectivity index (χ1) is 17.0. The smallest absolute Gasteiger partial charge is 0.227 e. The van der Waals surface area contributed by atoms with E-state index in [-0.39, 0.29) is 0 Å². The van der Waals surface area contributed by atoms with Crippen molar-refractivity contribution in [2.24, 2.45) is 5.73 Å². The molecule has 0 spiro atoms. The van der Waals surface area contributed by atoms with E-state index < -0.39 is 0 Å². The molecule has 5 rings (SSSR count). The topological polar surface area (TPSA) is 106 Å². The Labute approximate surface area is 216 Å². The van der Waals surface area contributed by atoms with Crippen molar-refractivity contribution in [2.75, 3.05) is 23.7 Å². The van der Waals surface area contributed by atoms with Crippen LogP contribution in [0.25, 0.3) is 11.2 Å². The van der Waals surface area contributed by atoms with Gasteiger partial charge in [0.1, 0.15) is 0 Å². The molecular weight excluding hydrogens is 483 g/mol. The fourth-order valence-electron chi connectivity index (χ4n) is 5.22. The van der Waals surface area contributed by atoms with Gasteiger partial charge in [-0.15, -0.1) is 0 Å². The maximum absolute atomic E-state index is 6.11. The van der Waals surface area contributed by atoms with Gasteiger partial charge in [0.05, 0.1) is 6.33 Å². The van der Waals surface area contributed by atoms with Gasteiger partial charge in [-0.2, -0.15) is 9.97 Å². The molecule has 35 heavy (non-hydrogen) atoms. The number of imidazole rings is 1. The van der Waals surface area contributed by atoms with Gasteiger partial charge >= 0.3 is 0 Å². The molecule has 0 atom stereocenters. The van der Waals surface area contributed by atoms with E-state index in [1.54, 1.807) is 6.07 Å². The molecule has 0 amide bonds. The third kappa shape index (κ3) is 6.17. The lowest BCUT2D eigenvalue weighted by Crippen LogP contribution is -2.33. The van der Waals surface area contributed by atoms with E-state index in [9.17, 15) is 0 Å². The number of hydrogen-bond donors (Lipinski definition) is 4. The molecular formula is C25H34Cl2N8. The molecule has 10 heteroatoms. The zero-order valence-corrected chi connectivity index (χ0v) is 21.5. The normalized spacial score (nSPS) is 21.0. The van der Waals surface area contributed by atoms with E-state index in [2.05, 4.69) is 20.5 Å². The van der Waals surface area contributed by atoms with Crippen molar-refractivity contribution in [1.82, 2.24) is 24.8 Å². The van der Waals surface area contributed by atoms with E-state index in [4.69, 9.17) is 43.9 Å². The van der Waals surface area contributed by atoms with Crippen LogP contribution >= 0.6 is 23.2 Å². The van der Waals surface area contributed by atoms with Crippen LogP contribution in [0.4, 0.5) is 11.8 Å². The number of anilines is 2. The molecule has 0 radical (unpaired) electrons. The number of nitrogens with one attached hydrogen (secondary N) is 3. The first-order valence-corrected chi connectivity index (χ1v) is 13.5. The van der Waals surface area contributed by atoms with Gasteiger partial charge in [-0.1, -0.05) is 36.0 Å². The fraction of sp³-hybridized carbons (Fsp3) is 0.560. The maximum Gasteiger partial charge on any atom is 0.227 e. The van der Waals surface area contributed by atoms with E-state index in [1.165, 1.54) is 25.7 Å². The Morgan fingerprint density at radius 2 is 1.69 bits per heavy atom. The van der Waals surface area contributed by atoms with Crippen molar-refractivity contribution in [3.05, 3.63) is 40.1 Å². The summed E-state index contributed by atoms with van der Waals surface area (Å²) in [5.41, 5.74) is 8.89. The standard InChI is InChI=1S/C25H34Cl2N8/c26-17-11-16(12-18(27)13-17)14-29-9-10-30-23-22-24(35(15-31-22)21-3-1-2-4-21)34-25(33-23)32-20-7-5-19(28)6-8-20/h11-13,15,19-21,29H,1-10,14,28H2,(H2,30,32,33,34)/t19-,20-. The minimum Gasteiger partial charge on any atom is -0.367 e. The summed E-state index contributed by atoms with van der Waals surface area (Å²) in [6, 6.07) is 6.73. The Hall–Kier alpha value is -2.13. The van der Waals surface area contributed by atoms with Gasteiger partial charge in [0.15, 0.2) is 17.0 Å². The van der Waals surface area contributed by atoms with Crippen molar-refractivity contribution < 1.29 is 0 Å². The highest BCUT2D eigenvalue weighted by atomic mass is 35.5. The lowest BCUT2D eigenvalue weighted by molar-refractivity contribution is 0.410. The Bertz CT molecular complexity index is 1120. The number of nitrogens with two attached hydrogens (primary N) is 1. The zero-order chi connectivity index (χ0) is 24.2. The lowest BCUT2D eigenvalue weighted by Gasteiger charge is -2.27. The van der Waals surface area contributed by atoms with Crippen LogP contribution in [0.3, 0.4) is 0 Å². The lowest BCUT2D eigenvalue weighted by atomic mass is 9.92. The molecule has 3 aromatic rings. The number of halogens is 2. The molecule has 8 nitrogen and oxygen atoms in total. The van der Waals surface area contributed by atoms with Gasteiger partial charge < -0.3 is 26.3 Å². The van der Waals surface area contributed by atoms with Crippen molar-refractivity contribution >= 4 is 46.1 Å². The van der Waals surface area contributed by atoms with Crippen LogP contribution in [0.5, 0.6) is 0 Å². The molecule has 2 saturated carbocycles. The van der Waals surface area contributed by atoms with E-state index >= 15 is 0 Å². The van der Waals surface area contributed by atoms with Crippen molar-refractivity contribution in [3.63, 3.8) is 0 Å². The summed E-state index contributed by atoms with van der Waals surface area (Å²) in [6.45, 7) is 2.14. The van der Waals surface area contributed by atoms with Gasteiger partial charge in [0.25, 0.3) is 0 Å². The van der Waals surface area contributed by atoms with Gasteiger partial charge in [-0.3, -0.25) is 0 Å². The predicted octanol–water partition coefficient (Wildman–Crippen LogP) is 5.13. The van der Waals surface area contributed by atoms with Crippen LogP contribution in [-0.2, 0) is 6.54 Å². The van der Waals surface area contributed by atoms with E-state index in [0.29, 0.717) is 47.2 Å². The van der Waals surface area contributed by atoms with Crippen LogP contribution in [0.15, 0.2) is 24.5 Å². The van der Waals surface area contributed by atoms with Crippen molar-refractivity contribution in [3.8, 4) is 0 Å². The van der Waals surface area contributed by atoms with Crippen LogP contribution in [0.2, 0.25) is 10.0 Å². The monoisotopic (exact) mass is 516 g/mol. The number of rotatable bonds is 9. The van der Waals surface area contributed by atoms with E-state index in [0.717, 1.165) is 54.8 Å². The van der Waals surface area contributed by atoms with Gasteiger partial charge in [-0.05, 0) is 62.3 Å². The molecule has 2 aliphatic carbocycles. The Balaban J connectivity index is 1.28. The molecule has 188 valence electrons. The molecule has 0 unspecified atom stereocenters. The summed E-state index contributed by atoms with van der Waals surface area (Å²) >= 11 is 12.2. The minimum atomic E-state index is 0.313. The van der Waals surface area contributed by atoms with Crippen LogP contribution in [0.1, 0.15) is 63.0 Å². The molecule has 0 saturated heterocycles. The number of fused-ring (bicyclic) bond motifs is 1. The van der Waals surface area contributed by atoms with Gasteiger partial charge in [-0.25, -0.2) is 4.98 Å². The van der Waals surface area contributed by atoms with Gasteiger partial charge in [0.2, 0.25) is 5.95 Å². The molecule has 2 aromatic heterocycles.